The van der Waals surface area contributed by atoms with Gasteiger partial charge in [0.05, 0.1) is 0 Å². The number of aromatic nitrogens is 1. The summed E-state index contributed by atoms with van der Waals surface area (Å²) < 4.78 is 0. The molecule has 1 atom stereocenters. The zero-order valence-electron chi connectivity index (χ0n) is 13.6. The van der Waals surface area contributed by atoms with Crippen LogP contribution in [0.15, 0.2) is 24.3 Å². The Balaban J connectivity index is 1.70. The molecule has 1 aromatic heterocycles. The van der Waals surface area contributed by atoms with Gasteiger partial charge in [-0.05, 0) is 69.9 Å². The third kappa shape index (κ3) is 2.46. The third-order valence-electron chi connectivity index (χ3n) is 5.73. The van der Waals surface area contributed by atoms with Crippen molar-refractivity contribution in [3.63, 3.8) is 0 Å². The van der Waals surface area contributed by atoms with Crippen LogP contribution in [-0.4, -0.2) is 43.1 Å². The van der Waals surface area contributed by atoms with Crippen LogP contribution in [0.2, 0.25) is 0 Å². The topological polar surface area (TPSA) is 31.1 Å². The summed E-state index contributed by atoms with van der Waals surface area (Å²) in [6, 6.07) is 8.86. The lowest BCUT2D eigenvalue weighted by atomic mass is 9.76. The highest BCUT2D eigenvalue weighted by molar-refractivity contribution is 5.85. The molecule has 3 heteroatoms. The summed E-state index contributed by atoms with van der Waals surface area (Å²) in [4.78, 5) is 6.46. The van der Waals surface area contributed by atoms with Gasteiger partial charge in [0.15, 0.2) is 0 Å². The van der Waals surface area contributed by atoms with Gasteiger partial charge in [-0.3, -0.25) is 0 Å². The Hall–Kier alpha value is -1.32. The van der Waals surface area contributed by atoms with Crippen LogP contribution in [0.3, 0.4) is 0 Å². The highest BCUT2D eigenvalue weighted by Crippen LogP contribution is 2.41. The van der Waals surface area contributed by atoms with E-state index in [2.05, 4.69) is 39.5 Å². The largest absolute Gasteiger partial charge is 0.358 e. The summed E-state index contributed by atoms with van der Waals surface area (Å²) in [7, 11) is 2.05. The number of fused-ring (bicyclic) bond motifs is 4. The molecule has 3 aliphatic rings. The Kier molecular flexibility index (Phi) is 3.93. The zero-order chi connectivity index (χ0) is 14.9. The van der Waals surface area contributed by atoms with Crippen LogP contribution < -0.4 is 5.32 Å². The van der Waals surface area contributed by atoms with Gasteiger partial charge in [0.25, 0.3) is 0 Å². The van der Waals surface area contributed by atoms with Crippen molar-refractivity contribution in [2.24, 2.45) is 5.92 Å². The second-order valence-corrected chi connectivity index (χ2v) is 7.01. The molecule has 5 rings (SSSR count). The zero-order valence-corrected chi connectivity index (χ0v) is 13.6. The quantitative estimate of drug-likeness (QED) is 0.831. The average Bonchev–Trinajstić information content (AvgIpc) is 2.95. The highest BCUT2D eigenvalue weighted by atomic mass is 15.1. The van der Waals surface area contributed by atoms with Crippen molar-refractivity contribution in [1.29, 1.82) is 0 Å². The van der Waals surface area contributed by atoms with Crippen LogP contribution in [0.25, 0.3) is 10.9 Å². The number of hydrogen-bond donors (Lipinski definition) is 2. The van der Waals surface area contributed by atoms with Gasteiger partial charge in [0.2, 0.25) is 0 Å². The smallest absolute Gasteiger partial charge is 0.0459 e. The molecule has 0 amide bonds. The van der Waals surface area contributed by atoms with E-state index in [1.165, 1.54) is 56.2 Å². The molecule has 2 bridgehead atoms. The van der Waals surface area contributed by atoms with Crippen LogP contribution in [0, 0.1) is 5.92 Å². The summed E-state index contributed by atoms with van der Waals surface area (Å²) in [5.41, 5.74) is 4.46. The molecule has 3 nitrogen and oxygen atoms in total. The number of H-pyrrole nitrogens is 1. The number of aryl methyl sites for hydroxylation is 1. The molecule has 118 valence electrons. The fourth-order valence-corrected chi connectivity index (χ4v) is 4.54. The number of benzene rings is 1. The van der Waals surface area contributed by atoms with Gasteiger partial charge in [0.1, 0.15) is 0 Å². The average molecular weight is 297 g/mol. The van der Waals surface area contributed by atoms with Crippen molar-refractivity contribution < 1.29 is 0 Å². The maximum Gasteiger partial charge on any atom is 0.0459 e. The van der Waals surface area contributed by atoms with Gasteiger partial charge < -0.3 is 15.2 Å². The number of piperidine rings is 3. The first-order chi connectivity index (χ1) is 10.9. The van der Waals surface area contributed by atoms with Gasteiger partial charge >= 0.3 is 0 Å². The highest BCUT2D eigenvalue weighted by Gasteiger charge is 2.36. The minimum absolute atomic E-state index is 0.722. The predicted molar refractivity (Wildman–Crippen MR) is 92.5 cm³/mol. The van der Waals surface area contributed by atoms with Crippen molar-refractivity contribution >= 4 is 10.9 Å². The molecular weight excluding hydrogens is 270 g/mol. The number of rotatable bonds is 5. The lowest BCUT2D eigenvalue weighted by molar-refractivity contribution is 0.0854. The van der Waals surface area contributed by atoms with Gasteiger partial charge in [-0.15, -0.1) is 0 Å². The van der Waals surface area contributed by atoms with Gasteiger partial charge in [-0.2, -0.15) is 0 Å². The van der Waals surface area contributed by atoms with Crippen molar-refractivity contribution in [3.05, 3.63) is 35.5 Å². The molecule has 1 aromatic carbocycles. The monoisotopic (exact) mass is 297 g/mol. The van der Waals surface area contributed by atoms with Crippen LogP contribution in [-0.2, 0) is 6.42 Å². The van der Waals surface area contributed by atoms with Crippen molar-refractivity contribution in [2.45, 2.75) is 31.6 Å². The number of nitrogens with zero attached hydrogens (tertiary/aromatic N) is 1. The van der Waals surface area contributed by atoms with Crippen molar-refractivity contribution in [3.8, 4) is 0 Å². The first kappa shape index (κ1) is 14.3. The van der Waals surface area contributed by atoms with Gasteiger partial charge in [0, 0.05) is 29.1 Å². The number of nitrogens with one attached hydrogen (secondary N) is 2. The third-order valence-corrected chi connectivity index (χ3v) is 5.73. The first-order valence-electron chi connectivity index (χ1n) is 8.83. The molecule has 0 radical (unpaired) electrons. The van der Waals surface area contributed by atoms with E-state index < -0.39 is 0 Å². The Bertz CT molecular complexity index is 637. The van der Waals surface area contributed by atoms with E-state index >= 15 is 0 Å². The Morgan fingerprint density at radius 1 is 1.23 bits per heavy atom. The van der Waals surface area contributed by atoms with E-state index in [4.69, 9.17) is 0 Å². The summed E-state index contributed by atoms with van der Waals surface area (Å²) >= 11 is 0. The molecule has 4 heterocycles. The second-order valence-electron chi connectivity index (χ2n) is 7.01. The molecule has 0 saturated carbocycles. The fourth-order valence-electron chi connectivity index (χ4n) is 4.54. The van der Waals surface area contributed by atoms with Crippen molar-refractivity contribution in [2.75, 3.05) is 33.2 Å². The molecule has 0 aliphatic carbocycles. The van der Waals surface area contributed by atoms with Crippen molar-refractivity contribution in [1.82, 2.24) is 15.2 Å². The van der Waals surface area contributed by atoms with Crippen LogP contribution >= 0.6 is 0 Å². The maximum absolute atomic E-state index is 3.80. The molecule has 3 saturated heterocycles. The lowest BCUT2D eigenvalue weighted by Crippen LogP contribution is -2.46. The van der Waals surface area contributed by atoms with E-state index in [0.717, 1.165) is 18.4 Å². The molecule has 3 aliphatic heterocycles. The maximum atomic E-state index is 3.80. The lowest BCUT2D eigenvalue weighted by Gasteiger charge is -2.45. The summed E-state index contributed by atoms with van der Waals surface area (Å²) in [5.74, 6) is 1.61. The molecule has 2 N–H and O–H groups in total. The first-order valence-corrected chi connectivity index (χ1v) is 8.83. The van der Waals surface area contributed by atoms with Crippen LogP contribution in [0.4, 0.5) is 0 Å². The Labute approximate surface area is 133 Å². The van der Waals surface area contributed by atoms with E-state index in [9.17, 15) is 0 Å². The summed E-state index contributed by atoms with van der Waals surface area (Å²) in [5, 5.41) is 4.73. The minimum atomic E-state index is 0.722. The van der Waals surface area contributed by atoms with E-state index in [0.29, 0.717) is 0 Å². The summed E-state index contributed by atoms with van der Waals surface area (Å²) in [6.45, 7) is 4.99. The van der Waals surface area contributed by atoms with E-state index in [1.807, 2.05) is 7.05 Å². The Morgan fingerprint density at radius 2 is 2.05 bits per heavy atom. The van der Waals surface area contributed by atoms with Gasteiger partial charge in [-0.1, -0.05) is 18.2 Å². The SMILES string of the molecule is CNCCCc1c(C2CN3CCC2CC3)[nH]c2ccccc12. The number of hydrogen-bond acceptors (Lipinski definition) is 2. The summed E-state index contributed by atoms with van der Waals surface area (Å²) in [6.07, 6.45) is 5.17. The van der Waals surface area contributed by atoms with Gasteiger partial charge in [-0.25, -0.2) is 0 Å². The molecule has 1 unspecified atom stereocenters. The van der Waals surface area contributed by atoms with Crippen LogP contribution in [0.1, 0.15) is 36.4 Å². The molecule has 2 aromatic rings. The van der Waals surface area contributed by atoms with Crippen LogP contribution in [0.5, 0.6) is 0 Å². The molecule has 22 heavy (non-hydrogen) atoms. The number of aromatic amines is 1. The number of para-hydroxylation sites is 1. The molecule has 3 fully saturated rings. The minimum Gasteiger partial charge on any atom is -0.358 e. The molecule has 0 spiro atoms. The normalized spacial score (nSPS) is 27.6. The predicted octanol–water partition coefficient (Wildman–Crippen LogP) is 3.13. The fraction of sp³-hybridized carbons (Fsp3) is 0.579. The standard InChI is InChI=1S/C19H27N3/c1-20-10-4-6-16-15-5-2-3-7-18(15)21-19(16)17-13-22-11-8-14(17)9-12-22/h2-3,5,7,14,17,20-21H,4,6,8-13H2,1H3. The molecular formula is C19H27N3. The van der Waals surface area contributed by atoms with E-state index in [-0.39, 0.29) is 0 Å². The Morgan fingerprint density at radius 3 is 2.77 bits per heavy atom. The van der Waals surface area contributed by atoms with E-state index in [1.54, 1.807) is 11.3 Å². The second kappa shape index (κ2) is 6.05.